The van der Waals surface area contributed by atoms with Crippen molar-refractivity contribution in [2.24, 2.45) is 0 Å². The van der Waals surface area contributed by atoms with Crippen LogP contribution in [0.4, 0.5) is 17.6 Å². The summed E-state index contributed by atoms with van der Waals surface area (Å²) in [7, 11) is 0. The number of hydrogen-bond donors (Lipinski definition) is 1. The molecule has 1 N–H and O–H groups in total. The van der Waals surface area contributed by atoms with Crippen LogP contribution in [0.1, 0.15) is 36.2 Å². The topological polar surface area (TPSA) is 40.5 Å². The minimum Gasteiger partial charge on any atom is -0.396 e. The molecule has 0 heterocycles. The molecule has 0 aliphatic heterocycles. The zero-order valence-electron chi connectivity index (χ0n) is 11.7. The highest BCUT2D eigenvalue weighted by atomic mass is 19.4. The Labute approximate surface area is 120 Å². The van der Waals surface area contributed by atoms with Crippen molar-refractivity contribution in [3.63, 3.8) is 0 Å². The van der Waals surface area contributed by atoms with E-state index in [2.05, 4.69) is 0 Å². The van der Waals surface area contributed by atoms with Crippen molar-refractivity contribution in [2.45, 2.75) is 32.5 Å². The first kappa shape index (κ1) is 17.4. The van der Waals surface area contributed by atoms with Gasteiger partial charge in [0.2, 0.25) is 0 Å². The van der Waals surface area contributed by atoms with Gasteiger partial charge in [-0.2, -0.15) is 13.2 Å². The van der Waals surface area contributed by atoms with Gasteiger partial charge in [-0.1, -0.05) is 6.07 Å². The van der Waals surface area contributed by atoms with E-state index in [1.54, 1.807) is 13.8 Å². The molecule has 0 bridgehead atoms. The molecule has 118 valence electrons. The molecule has 0 atom stereocenters. The Morgan fingerprint density at radius 3 is 2.43 bits per heavy atom. The van der Waals surface area contributed by atoms with Gasteiger partial charge in [0.1, 0.15) is 5.82 Å². The molecule has 0 radical (unpaired) electrons. The number of carbonyl (C=O) groups excluding carboxylic acids is 1. The van der Waals surface area contributed by atoms with E-state index in [9.17, 15) is 22.4 Å². The fourth-order valence-electron chi connectivity index (χ4n) is 1.91. The number of halogens is 4. The Morgan fingerprint density at radius 2 is 1.95 bits per heavy atom. The summed E-state index contributed by atoms with van der Waals surface area (Å²) < 4.78 is 51.9. The molecule has 3 nitrogen and oxygen atoms in total. The van der Waals surface area contributed by atoms with Crippen molar-refractivity contribution in [3.8, 4) is 0 Å². The van der Waals surface area contributed by atoms with Crippen LogP contribution in [0.15, 0.2) is 18.2 Å². The highest BCUT2D eigenvalue weighted by molar-refractivity contribution is 5.95. The molecule has 21 heavy (non-hydrogen) atoms. The summed E-state index contributed by atoms with van der Waals surface area (Å²) >= 11 is 0. The van der Waals surface area contributed by atoms with Crippen molar-refractivity contribution in [3.05, 3.63) is 35.1 Å². The summed E-state index contributed by atoms with van der Waals surface area (Å²) in [5.41, 5.74) is -2.07. The third-order valence-electron chi connectivity index (χ3n) is 2.98. The molecule has 1 aromatic rings. The number of benzene rings is 1. The fraction of sp³-hybridized carbons (Fsp3) is 0.500. The van der Waals surface area contributed by atoms with E-state index in [0.29, 0.717) is 6.07 Å². The average Bonchev–Trinajstić information content (AvgIpc) is 2.37. The first-order chi connectivity index (χ1) is 9.70. The lowest BCUT2D eigenvalue weighted by Gasteiger charge is -2.27. The fourth-order valence-corrected chi connectivity index (χ4v) is 1.91. The number of aliphatic hydroxyl groups is 1. The second kappa shape index (κ2) is 6.89. The van der Waals surface area contributed by atoms with Gasteiger partial charge in [-0.15, -0.1) is 0 Å². The smallest absolute Gasteiger partial charge is 0.396 e. The van der Waals surface area contributed by atoms with Gasteiger partial charge in [0.15, 0.2) is 0 Å². The molecule has 7 heteroatoms. The van der Waals surface area contributed by atoms with Gasteiger partial charge in [0, 0.05) is 19.2 Å². The molecule has 0 fully saturated rings. The second-order valence-electron chi connectivity index (χ2n) is 4.83. The third-order valence-corrected chi connectivity index (χ3v) is 2.98. The minimum absolute atomic E-state index is 0.142. The molecule has 0 aliphatic carbocycles. The highest BCUT2D eigenvalue weighted by Gasteiger charge is 2.36. The van der Waals surface area contributed by atoms with Crippen LogP contribution in [0, 0.1) is 5.82 Å². The van der Waals surface area contributed by atoms with Gasteiger partial charge in [-0.25, -0.2) is 4.39 Å². The van der Waals surface area contributed by atoms with Crippen molar-refractivity contribution >= 4 is 5.91 Å². The molecule has 0 spiro atoms. The van der Waals surface area contributed by atoms with Gasteiger partial charge < -0.3 is 10.0 Å². The molecule has 0 unspecified atom stereocenters. The summed E-state index contributed by atoms with van der Waals surface area (Å²) in [6, 6.07) is 2.31. The van der Waals surface area contributed by atoms with Crippen LogP contribution in [0.2, 0.25) is 0 Å². The number of aliphatic hydroxyl groups excluding tert-OH is 1. The Morgan fingerprint density at radius 1 is 1.33 bits per heavy atom. The van der Waals surface area contributed by atoms with Crippen molar-refractivity contribution in [1.82, 2.24) is 4.90 Å². The summed E-state index contributed by atoms with van der Waals surface area (Å²) in [5.74, 6) is -2.38. The van der Waals surface area contributed by atoms with Crippen LogP contribution < -0.4 is 0 Å². The van der Waals surface area contributed by atoms with E-state index in [1.807, 2.05) is 0 Å². The highest BCUT2D eigenvalue weighted by Crippen LogP contribution is 2.32. The normalized spacial score (nSPS) is 11.8. The maximum Gasteiger partial charge on any atom is 0.419 e. The lowest BCUT2D eigenvalue weighted by atomic mass is 10.1. The molecule has 1 aromatic carbocycles. The van der Waals surface area contributed by atoms with Crippen LogP contribution in [0.25, 0.3) is 0 Å². The predicted octanol–water partition coefficient (Wildman–Crippen LogP) is 3.08. The Balaban J connectivity index is 3.17. The third kappa shape index (κ3) is 4.17. The lowest BCUT2D eigenvalue weighted by molar-refractivity contribution is -0.140. The summed E-state index contributed by atoms with van der Waals surface area (Å²) in [6.45, 7) is 3.31. The van der Waals surface area contributed by atoms with Crippen LogP contribution in [-0.4, -0.2) is 35.1 Å². The molecular formula is C14H17F4NO2. The van der Waals surface area contributed by atoms with Gasteiger partial charge in [-0.3, -0.25) is 4.79 Å². The number of amides is 1. The molecule has 0 saturated heterocycles. The summed E-state index contributed by atoms with van der Waals surface area (Å²) in [6.07, 6.45) is -4.58. The first-order valence-corrected chi connectivity index (χ1v) is 6.47. The summed E-state index contributed by atoms with van der Waals surface area (Å²) in [4.78, 5) is 13.5. The number of carbonyl (C=O) groups is 1. The van der Waals surface area contributed by atoms with Crippen molar-refractivity contribution in [2.75, 3.05) is 13.2 Å². The van der Waals surface area contributed by atoms with Gasteiger partial charge in [-0.05, 0) is 32.4 Å². The SMILES string of the molecule is CC(C)N(CCCO)C(=O)c1cccc(C(F)(F)F)c1F. The Hall–Kier alpha value is -1.63. The molecule has 0 aliphatic rings. The lowest BCUT2D eigenvalue weighted by Crippen LogP contribution is -2.38. The van der Waals surface area contributed by atoms with E-state index in [4.69, 9.17) is 5.11 Å². The maximum atomic E-state index is 13.9. The number of rotatable bonds is 5. The molecule has 1 rings (SSSR count). The second-order valence-corrected chi connectivity index (χ2v) is 4.83. The minimum atomic E-state index is -4.85. The number of hydrogen-bond acceptors (Lipinski definition) is 2. The monoisotopic (exact) mass is 307 g/mol. The van der Waals surface area contributed by atoms with E-state index in [1.165, 1.54) is 4.90 Å². The Kier molecular flexibility index (Phi) is 5.71. The van der Waals surface area contributed by atoms with Crippen molar-refractivity contribution < 1.29 is 27.5 Å². The van der Waals surface area contributed by atoms with E-state index < -0.39 is 29.0 Å². The van der Waals surface area contributed by atoms with E-state index in [0.717, 1.165) is 12.1 Å². The molecule has 0 aromatic heterocycles. The molecular weight excluding hydrogens is 290 g/mol. The predicted molar refractivity (Wildman–Crippen MR) is 69.3 cm³/mol. The zero-order chi connectivity index (χ0) is 16.2. The van der Waals surface area contributed by atoms with Gasteiger partial charge in [0.25, 0.3) is 5.91 Å². The summed E-state index contributed by atoms with van der Waals surface area (Å²) in [5, 5.41) is 8.79. The molecule has 1 amide bonds. The zero-order valence-corrected chi connectivity index (χ0v) is 11.7. The van der Waals surface area contributed by atoms with Gasteiger partial charge >= 0.3 is 6.18 Å². The van der Waals surface area contributed by atoms with E-state index in [-0.39, 0.29) is 25.6 Å². The maximum absolute atomic E-state index is 13.9. The number of nitrogens with zero attached hydrogens (tertiary/aromatic N) is 1. The number of alkyl halides is 3. The van der Waals surface area contributed by atoms with Crippen LogP contribution in [-0.2, 0) is 6.18 Å². The Bertz CT molecular complexity index is 500. The first-order valence-electron chi connectivity index (χ1n) is 6.47. The van der Waals surface area contributed by atoms with Crippen LogP contribution in [0.3, 0.4) is 0 Å². The van der Waals surface area contributed by atoms with Crippen LogP contribution >= 0.6 is 0 Å². The van der Waals surface area contributed by atoms with Gasteiger partial charge in [0.05, 0.1) is 11.1 Å². The molecule has 0 saturated carbocycles. The van der Waals surface area contributed by atoms with Crippen LogP contribution in [0.5, 0.6) is 0 Å². The average molecular weight is 307 g/mol. The quantitative estimate of drug-likeness (QED) is 0.849. The van der Waals surface area contributed by atoms with E-state index >= 15 is 0 Å². The standard InChI is InChI=1S/C14H17F4NO2/c1-9(2)19(7-4-8-20)13(21)10-5-3-6-11(12(10)15)14(16,17)18/h3,5-6,9,20H,4,7-8H2,1-2H3. The largest absolute Gasteiger partial charge is 0.419 e. The van der Waals surface area contributed by atoms with Crippen molar-refractivity contribution in [1.29, 1.82) is 0 Å².